The Morgan fingerprint density at radius 3 is 1.06 bits per heavy atom. The second kappa shape index (κ2) is 28.0. The van der Waals surface area contributed by atoms with Gasteiger partial charge in [-0.3, -0.25) is 0 Å². The van der Waals surface area contributed by atoms with Crippen molar-refractivity contribution in [2.24, 2.45) is 0 Å². The number of hydrogen-bond donors (Lipinski definition) is 0. The highest BCUT2D eigenvalue weighted by Gasteiger charge is 2.53. The van der Waals surface area contributed by atoms with E-state index in [1.165, 1.54) is 185 Å². The van der Waals surface area contributed by atoms with Gasteiger partial charge in [0.05, 0.1) is 21.9 Å². The molecular weight excluding hydrogens is 1630 g/mol. The van der Waals surface area contributed by atoms with Crippen molar-refractivity contribution in [1.29, 1.82) is 0 Å². The number of furan rings is 2. The predicted molar refractivity (Wildman–Crippen MR) is 549 cm³/mol. The van der Waals surface area contributed by atoms with Crippen molar-refractivity contribution in [2.75, 3.05) is 9.80 Å². The molecule has 4 nitrogen and oxygen atoms in total. The molecule has 29 rings (SSSR count). The molecule has 6 heteroatoms. The number of rotatable bonds is 7. The fourth-order valence-corrected chi connectivity index (χ4v) is 26.1. The molecule has 0 N–H and O–H groups in total. The lowest BCUT2D eigenvalue weighted by Gasteiger charge is -2.36. The Labute approximate surface area is 765 Å². The van der Waals surface area contributed by atoms with Crippen molar-refractivity contribution >= 4 is 141 Å². The minimum atomic E-state index is -0.661. The van der Waals surface area contributed by atoms with Crippen molar-refractivity contribution < 1.29 is 8.83 Å². The van der Waals surface area contributed by atoms with E-state index < -0.39 is 10.8 Å². The molecule has 2 atom stereocenters. The van der Waals surface area contributed by atoms with E-state index in [4.69, 9.17) is 8.83 Å². The molecule has 0 radical (unpaired) electrons. The van der Waals surface area contributed by atoms with Gasteiger partial charge in [-0.1, -0.05) is 323 Å². The summed E-state index contributed by atoms with van der Waals surface area (Å²) in [5.74, 6) is 0. The molecule has 20 aromatic carbocycles. The fourth-order valence-electron chi connectivity index (χ4n) is 23.8. The van der Waals surface area contributed by atoms with E-state index in [-0.39, 0.29) is 5.41 Å². The van der Waals surface area contributed by atoms with E-state index in [9.17, 15) is 0 Å². The van der Waals surface area contributed by atoms with Crippen LogP contribution in [-0.2, 0) is 16.2 Å². The Morgan fingerprint density at radius 1 is 0.191 bits per heavy atom. The van der Waals surface area contributed by atoms with Crippen molar-refractivity contribution in [3.05, 3.63) is 492 Å². The summed E-state index contributed by atoms with van der Waals surface area (Å²) >= 11 is 3.79. The molecule has 2 unspecified atom stereocenters. The number of thiophene rings is 2. The number of anilines is 6. The predicted octanol–water partition coefficient (Wildman–Crippen LogP) is 34.8. The highest BCUT2D eigenvalue weighted by atomic mass is 32.1. The summed E-state index contributed by atoms with van der Waals surface area (Å²) in [6.07, 6.45) is 0. The molecule has 131 heavy (non-hydrogen) atoms. The van der Waals surface area contributed by atoms with Crippen molar-refractivity contribution in [3.63, 3.8) is 0 Å². The van der Waals surface area contributed by atoms with Crippen LogP contribution in [0.25, 0.3) is 173 Å². The molecule has 612 valence electrons. The Bertz CT molecular complexity index is 9010. The first-order valence-electron chi connectivity index (χ1n) is 45.3. The van der Waals surface area contributed by atoms with Crippen LogP contribution in [-0.4, -0.2) is 0 Å². The van der Waals surface area contributed by atoms with Crippen LogP contribution in [0.3, 0.4) is 0 Å². The second-order valence-electron chi connectivity index (χ2n) is 36.2. The lowest BCUT2D eigenvalue weighted by Crippen LogP contribution is -2.29. The fraction of sp³-hybridized carbons (Fsp3) is 0.0400. The third-order valence-corrected chi connectivity index (χ3v) is 31.7. The number of hydrogen-bond acceptors (Lipinski definition) is 6. The quantitative estimate of drug-likeness (QED) is 0.159. The number of fused-ring (bicyclic) bond motifs is 39. The smallest absolute Gasteiger partial charge is 0.137 e. The largest absolute Gasteiger partial charge is 0.456 e. The standard InChI is InChI=1S/C64H41NOS.C61H37NOS/c1-63(2)51-23-10-5-19-43(51)46-33-31-38(34-54(46)63)65(57-26-15-28-59-62(57)48-22-8-13-27-58(48)66-59)39-30-32-45-41-17-4-3-16-40(41)42-18-6-11-24-52(42)64(55(45)35-39)53-25-12-7-20-44(53)49-37-61-50(36-56(49)64)47-21-9-14-29-60(47)67-61;1-2-14-38(15-3-1)39-26-28-40(29-27-39)62(41-31-33-58-51(34-41)48-20-8-12-24-57(48)63-58)42-30-32-47-44-17-5-4-16-43(44)45-18-6-10-22-53(45)61(55(47)35-42)54-23-11-7-19-46(54)50-37-60-52(36-56(50)61)49-21-9-13-25-59(49)64-60/h3-37H,1-2H3;1-37H. The maximum atomic E-state index is 6.64. The zero-order valence-electron chi connectivity index (χ0n) is 71.6. The SMILES string of the molecule is CC1(C)c2ccccc2-c2ccc(N(c3ccc4c(c3)C3(c5ccccc5-c5ccccc5-4)c4ccccc4-c4cc5sc6ccccc6c5cc43)c3cccc4oc5ccccc5c34)cc21.c1ccc(-c2ccc(N(c3ccc4c(c3)C3(c5ccccc5-c5ccccc5-4)c4ccccc4-c4cc5sc6ccccc6c5cc43)c3ccc4oc5ccccc5c4c3)cc2)cc1. The third kappa shape index (κ3) is 10.5. The van der Waals surface area contributed by atoms with Gasteiger partial charge in [-0.25, -0.2) is 0 Å². The first-order valence-corrected chi connectivity index (χ1v) is 46.9. The van der Waals surface area contributed by atoms with Crippen LogP contribution in [0.15, 0.2) is 446 Å². The summed E-state index contributed by atoms with van der Waals surface area (Å²) in [5, 5.41) is 9.65. The van der Waals surface area contributed by atoms with Gasteiger partial charge in [0.25, 0.3) is 0 Å². The maximum absolute atomic E-state index is 6.64. The summed E-state index contributed by atoms with van der Waals surface area (Å²) in [6, 6.07) is 163. The minimum absolute atomic E-state index is 0.179. The molecule has 5 aliphatic carbocycles. The van der Waals surface area contributed by atoms with E-state index in [0.717, 1.165) is 78.0 Å². The van der Waals surface area contributed by atoms with Crippen LogP contribution in [0.5, 0.6) is 0 Å². The van der Waals surface area contributed by atoms with Gasteiger partial charge in [-0.15, -0.1) is 22.7 Å². The zero-order valence-corrected chi connectivity index (χ0v) is 73.2. The van der Waals surface area contributed by atoms with Gasteiger partial charge in [0.15, 0.2) is 0 Å². The Kier molecular flexibility index (Phi) is 15.9. The van der Waals surface area contributed by atoms with Crippen LogP contribution < -0.4 is 9.80 Å². The van der Waals surface area contributed by atoms with E-state index in [1.807, 2.05) is 28.7 Å². The molecule has 0 saturated heterocycles. The van der Waals surface area contributed by atoms with Gasteiger partial charge in [0, 0.05) is 90.4 Å². The molecule has 5 aliphatic rings. The first kappa shape index (κ1) is 74.2. The molecule has 0 bridgehead atoms. The topological polar surface area (TPSA) is 32.8 Å². The van der Waals surface area contributed by atoms with Gasteiger partial charge in [0.2, 0.25) is 0 Å². The monoisotopic (exact) mass is 1700 g/mol. The lowest BCUT2D eigenvalue weighted by atomic mass is 9.65. The van der Waals surface area contributed by atoms with E-state index >= 15 is 0 Å². The Hall–Kier alpha value is -16.0. The van der Waals surface area contributed by atoms with Gasteiger partial charge in [-0.05, 0) is 272 Å². The van der Waals surface area contributed by atoms with Crippen molar-refractivity contribution in [2.45, 2.75) is 30.1 Å². The molecule has 0 saturated carbocycles. The van der Waals surface area contributed by atoms with Gasteiger partial charge >= 0.3 is 0 Å². The molecular formula is C125H78N2O2S2. The van der Waals surface area contributed by atoms with Gasteiger partial charge in [-0.2, -0.15) is 0 Å². The van der Waals surface area contributed by atoms with Gasteiger partial charge < -0.3 is 18.6 Å². The van der Waals surface area contributed by atoms with Crippen LogP contribution in [0.2, 0.25) is 0 Å². The highest BCUT2D eigenvalue weighted by Crippen LogP contribution is 2.67. The summed E-state index contributed by atoms with van der Waals surface area (Å²) in [4.78, 5) is 4.95. The first-order chi connectivity index (χ1) is 64.7. The number of benzene rings is 20. The summed E-state index contributed by atoms with van der Waals surface area (Å²) < 4.78 is 18.3. The summed E-state index contributed by atoms with van der Waals surface area (Å²) in [5.41, 5.74) is 41.9. The third-order valence-electron chi connectivity index (χ3n) is 29.4. The average molecular weight is 1700 g/mol. The van der Waals surface area contributed by atoms with Crippen LogP contribution in [0.1, 0.15) is 69.5 Å². The van der Waals surface area contributed by atoms with Crippen molar-refractivity contribution in [1.82, 2.24) is 0 Å². The van der Waals surface area contributed by atoms with E-state index in [0.29, 0.717) is 0 Å². The van der Waals surface area contributed by atoms with Crippen LogP contribution >= 0.6 is 22.7 Å². The summed E-state index contributed by atoms with van der Waals surface area (Å²) in [7, 11) is 0. The number of nitrogens with zero attached hydrogens (tertiary/aromatic N) is 2. The molecule has 2 spiro atoms. The molecule has 4 heterocycles. The number of para-hydroxylation sites is 2. The minimum Gasteiger partial charge on any atom is -0.456 e. The van der Waals surface area contributed by atoms with Crippen LogP contribution in [0.4, 0.5) is 34.1 Å². The van der Waals surface area contributed by atoms with Crippen LogP contribution in [0, 0.1) is 0 Å². The molecule has 24 aromatic rings. The van der Waals surface area contributed by atoms with Gasteiger partial charge in [0.1, 0.15) is 22.3 Å². The molecule has 0 fully saturated rings. The Morgan fingerprint density at radius 2 is 0.534 bits per heavy atom. The lowest BCUT2D eigenvalue weighted by molar-refractivity contribution is 0.660. The molecule has 4 aromatic heterocycles. The maximum Gasteiger partial charge on any atom is 0.137 e. The molecule has 0 aliphatic heterocycles. The van der Waals surface area contributed by atoms with E-state index in [1.54, 1.807) is 0 Å². The average Bonchev–Trinajstić information content (AvgIpc) is 1.51. The van der Waals surface area contributed by atoms with E-state index in [2.05, 4.69) is 454 Å². The highest BCUT2D eigenvalue weighted by molar-refractivity contribution is 7.26. The van der Waals surface area contributed by atoms with Crippen molar-refractivity contribution in [3.8, 4) is 89.0 Å². The zero-order chi connectivity index (χ0) is 86.1. The normalized spacial score (nSPS) is 15.2. The molecule has 0 amide bonds. The Balaban J connectivity index is 0.000000132. The second-order valence-corrected chi connectivity index (χ2v) is 38.4. The summed E-state index contributed by atoms with van der Waals surface area (Å²) in [6.45, 7) is 4.75.